The maximum atomic E-state index is 12.9. The molecule has 0 saturated carbocycles. The smallest absolute Gasteiger partial charge is 0.241 e. The molecular weight excluding hydrogens is 438 g/mol. The van der Waals surface area contributed by atoms with Crippen LogP contribution in [0.2, 0.25) is 0 Å². The molecule has 0 saturated heterocycles. The highest BCUT2D eigenvalue weighted by Crippen LogP contribution is 2.29. The lowest BCUT2D eigenvalue weighted by atomic mass is 9.95. The van der Waals surface area contributed by atoms with E-state index >= 15 is 0 Å². The van der Waals surface area contributed by atoms with Crippen LogP contribution in [-0.2, 0) is 24.8 Å². The van der Waals surface area contributed by atoms with Crippen molar-refractivity contribution in [3.63, 3.8) is 0 Å². The topological polar surface area (TPSA) is 121 Å². The van der Waals surface area contributed by atoms with E-state index < -0.39 is 26.0 Å². The number of sulfonamides is 2. The lowest BCUT2D eigenvalue weighted by Crippen LogP contribution is -2.29. The highest BCUT2D eigenvalue weighted by Gasteiger charge is 2.23. The average Bonchev–Trinajstić information content (AvgIpc) is 2.63. The Labute approximate surface area is 184 Å². The fourth-order valence-electron chi connectivity index (χ4n) is 3.34. The minimum absolute atomic E-state index is 0.0691. The van der Waals surface area contributed by atoms with Crippen LogP contribution >= 0.6 is 0 Å². The summed E-state index contributed by atoms with van der Waals surface area (Å²) in [5, 5.41) is 2.63. The molecule has 1 amide bonds. The highest BCUT2D eigenvalue weighted by atomic mass is 32.2. The molecular formula is C21H29N3O5S2. The van der Waals surface area contributed by atoms with Gasteiger partial charge in [-0.25, -0.2) is 21.6 Å². The third-order valence-corrected chi connectivity index (χ3v) is 7.63. The molecule has 0 bridgehead atoms. The Kier molecular flexibility index (Phi) is 7.51. The molecule has 2 aromatic rings. The Morgan fingerprint density at radius 2 is 1.35 bits per heavy atom. The number of carbonyl (C=O) groups is 1. The maximum absolute atomic E-state index is 12.9. The van der Waals surface area contributed by atoms with Crippen LogP contribution in [-0.4, -0.2) is 35.5 Å². The van der Waals surface area contributed by atoms with Gasteiger partial charge in [-0.15, -0.1) is 0 Å². The third-order valence-electron chi connectivity index (χ3n) is 5.29. The molecule has 0 atom stereocenters. The number of carbonyl (C=O) groups excluding carboxylic acids is 1. The monoisotopic (exact) mass is 467 g/mol. The zero-order chi connectivity index (χ0) is 23.6. The van der Waals surface area contributed by atoms with Gasteiger partial charge >= 0.3 is 0 Å². The van der Waals surface area contributed by atoms with Gasteiger partial charge in [0.05, 0.1) is 16.8 Å². The van der Waals surface area contributed by atoms with Gasteiger partial charge in [0, 0.05) is 18.7 Å². The van der Waals surface area contributed by atoms with E-state index in [9.17, 15) is 21.6 Å². The van der Waals surface area contributed by atoms with E-state index in [-0.39, 0.29) is 17.9 Å². The molecule has 10 heteroatoms. The van der Waals surface area contributed by atoms with Crippen LogP contribution in [0.4, 0.5) is 11.4 Å². The SMILES string of the molecule is Cc1c(C)c(C)c(S(=O)(=O)NCCC(=O)Nc2cccc(NS(C)(=O)=O)c2)c(C)c1C. The summed E-state index contributed by atoms with van der Waals surface area (Å²) in [5.74, 6) is -0.399. The fraction of sp³-hybridized carbons (Fsp3) is 0.381. The largest absolute Gasteiger partial charge is 0.326 e. The predicted molar refractivity (Wildman–Crippen MR) is 123 cm³/mol. The van der Waals surface area contributed by atoms with Gasteiger partial charge in [-0.3, -0.25) is 9.52 Å². The van der Waals surface area contributed by atoms with E-state index in [1.54, 1.807) is 32.0 Å². The van der Waals surface area contributed by atoms with E-state index in [0.717, 1.165) is 22.9 Å². The molecule has 0 aliphatic heterocycles. The van der Waals surface area contributed by atoms with Crippen LogP contribution in [0, 0.1) is 34.6 Å². The van der Waals surface area contributed by atoms with E-state index in [0.29, 0.717) is 22.5 Å². The summed E-state index contributed by atoms with van der Waals surface area (Å²) in [6.45, 7) is 9.27. The maximum Gasteiger partial charge on any atom is 0.241 e. The Hall–Kier alpha value is -2.43. The van der Waals surface area contributed by atoms with Gasteiger partial charge < -0.3 is 5.32 Å². The minimum atomic E-state index is -3.79. The molecule has 8 nitrogen and oxygen atoms in total. The van der Waals surface area contributed by atoms with Crippen LogP contribution in [0.15, 0.2) is 29.2 Å². The molecule has 0 heterocycles. The second-order valence-corrected chi connectivity index (χ2v) is 11.1. The summed E-state index contributed by atoms with van der Waals surface area (Å²) in [7, 11) is -7.22. The molecule has 170 valence electrons. The molecule has 2 rings (SSSR count). The Morgan fingerprint density at radius 3 is 1.90 bits per heavy atom. The number of nitrogens with one attached hydrogen (secondary N) is 3. The second-order valence-electron chi connectivity index (χ2n) is 7.61. The number of rotatable bonds is 8. The van der Waals surface area contributed by atoms with Crippen molar-refractivity contribution in [3.05, 3.63) is 52.1 Å². The van der Waals surface area contributed by atoms with Crippen molar-refractivity contribution in [1.29, 1.82) is 0 Å². The minimum Gasteiger partial charge on any atom is -0.326 e. The van der Waals surface area contributed by atoms with Crippen LogP contribution < -0.4 is 14.8 Å². The molecule has 0 aliphatic rings. The van der Waals surface area contributed by atoms with Crippen molar-refractivity contribution in [2.45, 2.75) is 45.9 Å². The quantitative estimate of drug-likeness (QED) is 0.551. The van der Waals surface area contributed by atoms with Gasteiger partial charge in [0.15, 0.2) is 0 Å². The van der Waals surface area contributed by atoms with E-state index in [1.807, 2.05) is 20.8 Å². The number of anilines is 2. The second kappa shape index (κ2) is 9.37. The van der Waals surface area contributed by atoms with Gasteiger partial charge in [0.25, 0.3) is 0 Å². The first-order valence-corrected chi connectivity index (χ1v) is 13.0. The molecule has 0 aliphatic carbocycles. The molecule has 3 N–H and O–H groups in total. The van der Waals surface area contributed by atoms with Crippen LogP contribution in [0.5, 0.6) is 0 Å². The van der Waals surface area contributed by atoms with Gasteiger partial charge in [-0.1, -0.05) is 6.07 Å². The van der Waals surface area contributed by atoms with Gasteiger partial charge in [-0.05, 0) is 80.6 Å². The first-order valence-electron chi connectivity index (χ1n) is 9.67. The van der Waals surface area contributed by atoms with Crippen molar-refractivity contribution in [2.24, 2.45) is 0 Å². The molecule has 2 aromatic carbocycles. The Bertz CT molecular complexity index is 1190. The van der Waals surface area contributed by atoms with E-state index in [2.05, 4.69) is 14.8 Å². The zero-order valence-corrected chi connectivity index (χ0v) is 20.2. The molecule has 0 radical (unpaired) electrons. The number of hydrogen-bond acceptors (Lipinski definition) is 5. The van der Waals surface area contributed by atoms with Crippen LogP contribution in [0.3, 0.4) is 0 Å². The van der Waals surface area contributed by atoms with Crippen molar-refractivity contribution in [2.75, 3.05) is 22.8 Å². The number of benzene rings is 2. The van der Waals surface area contributed by atoms with Gasteiger partial charge in [0.2, 0.25) is 26.0 Å². The van der Waals surface area contributed by atoms with Crippen molar-refractivity contribution < 1.29 is 21.6 Å². The summed E-state index contributed by atoms with van der Waals surface area (Å²) >= 11 is 0. The summed E-state index contributed by atoms with van der Waals surface area (Å²) in [6.07, 6.45) is 0.954. The van der Waals surface area contributed by atoms with Gasteiger partial charge in [0.1, 0.15) is 0 Å². The van der Waals surface area contributed by atoms with Crippen molar-refractivity contribution >= 4 is 37.3 Å². The predicted octanol–water partition coefficient (Wildman–Crippen LogP) is 2.91. The first-order chi connectivity index (χ1) is 14.2. The highest BCUT2D eigenvalue weighted by molar-refractivity contribution is 7.92. The summed E-state index contributed by atoms with van der Waals surface area (Å²) < 4.78 is 53.3. The van der Waals surface area contributed by atoms with Crippen LogP contribution in [0.1, 0.15) is 34.2 Å². The molecule has 0 unspecified atom stereocenters. The fourth-order valence-corrected chi connectivity index (χ4v) is 5.52. The average molecular weight is 468 g/mol. The van der Waals surface area contributed by atoms with Crippen molar-refractivity contribution in [1.82, 2.24) is 4.72 Å². The first kappa shape index (κ1) is 24.8. The molecule has 31 heavy (non-hydrogen) atoms. The standard InChI is InChI=1S/C21H29N3O5S2/c1-13-14(2)16(4)21(17(5)15(13)3)31(28,29)22-11-10-20(25)23-18-8-7-9-19(12-18)24-30(6,26)27/h7-9,12,22,24H,10-11H2,1-6H3,(H,23,25). The van der Waals surface area contributed by atoms with E-state index in [1.165, 1.54) is 6.07 Å². The van der Waals surface area contributed by atoms with Crippen LogP contribution in [0.25, 0.3) is 0 Å². The molecule has 0 fully saturated rings. The summed E-state index contributed by atoms with van der Waals surface area (Å²) in [4.78, 5) is 12.5. The lowest BCUT2D eigenvalue weighted by molar-refractivity contribution is -0.116. The molecule has 0 spiro atoms. The number of hydrogen-bond donors (Lipinski definition) is 3. The zero-order valence-electron chi connectivity index (χ0n) is 18.6. The third kappa shape index (κ3) is 6.28. The Morgan fingerprint density at radius 1 is 0.839 bits per heavy atom. The number of amides is 1. The van der Waals surface area contributed by atoms with Gasteiger partial charge in [-0.2, -0.15) is 0 Å². The summed E-state index contributed by atoms with van der Waals surface area (Å²) in [5.41, 5.74) is 5.06. The van der Waals surface area contributed by atoms with E-state index in [4.69, 9.17) is 0 Å². The molecule has 0 aromatic heterocycles. The summed E-state index contributed by atoms with van der Waals surface area (Å²) in [6, 6.07) is 6.24. The van der Waals surface area contributed by atoms with Crippen molar-refractivity contribution in [3.8, 4) is 0 Å². The Balaban J connectivity index is 2.06. The lowest BCUT2D eigenvalue weighted by Gasteiger charge is -2.19. The normalized spacial score (nSPS) is 11.9.